The van der Waals surface area contributed by atoms with Crippen LogP contribution >= 0.6 is 0 Å². The first-order valence-corrected chi connectivity index (χ1v) is 6.95. The predicted molar refractivity (Wildman–Crippen MR) is 79.5 cm³/mol. The lowest BCUT2D eigenvalue weighted by atomic mass is 10.1. The SMILES string of the molecule is CCCNCCNC(=O)c1ccc(CNC(C)=O)cc1. The Morgan fingerprint density at radius 1 is 1.00 bits per heavy atom. The summed E-state index contributed by atoms with van der Waals surface area (Å²) in [7, 11) is 0. The number of carbonyl (C=O) groups excluding carboxylic acids is 2. The third-order valence-corrected chi connectivity index (χ3v) is 2.77. The summed E-state index contributed by atoms with van der Waals surface area (Å²) < 4.78 is 0. The quantitative estimate of drug-likeness (QED) is 0.622. The van der Waals surface area contributed by atoms with E-state index in [1.165, 1.54) is 6.92 Å². The molecule has 0 aliphatic heterocycles. The third-order valence-electron chi connectivity index (χ3n) is 2.77. The summed E-state index contributed by atoms with van der Waals surface area (Å²) in [5.41, 5.74) is 1.61. The van der Waals surface area contributed by atoms with Gasteiger partial charge in [0.05, 0.1) is 0 Å². The maximum Gasteiger partial charge on any atom is 0.251 e. The number of benzene rings is 1. The Balaban J connectivity index is 2.35. The number of amides is 2. The minimum absolute atomic E-state index is 0.0635. The standard InChI is InChI=1S/C15H23N3O2/c1-3-8-16-9-10-17-15(20)14-6-4-13(5-7-14)11-18-12(2)19/h4-7,16H,3,8-11H2,1-2H3,(H,17,20)(H,18,19). The highest BCUT2D eigenvalue weighted by molar-refractivity contribution is 5.94. The zero-order valence-corrected chi connectivity index (χ0v) is 12.2. The molecule has 0 bridgehead atoms. The van der Waals surface area contributed by atoms with Crippen molar-refractivity contribution in [3.63, 3.8) is 0 Å². The molecule has 0 heterocycles. The molecule has 0 saturated carbocycles. The van der Waals surface area contributed by atoms with Gasteiger partial charge in [0.1, 0.15) is 0 Å². The van der Waals surface area contributed by atoms with Crippen molar-refractivity contribution < 1.29 is 9.59 Å². The lowest BCUT2D eigenvalue weighted by molar-refractivity contribution is -0.119. The lowest BCUT2D eigenvalue weighted by Gasteiger charge is -2.07. The van der Waals surface area contributed by atoms with Crippen LogP contribution in [0.3, 0.4) is 0 Å². The molecule has 0 unspecified atom stereocenters. The summed E-state index contributed by atoms with van der Waals surface area (Å²) in [6.45, 7) is 6.43. The summed E-state index contributed by atoms with van der Waals surface area (Å²) in [5.74, 6) is -0.138. The first kappa shape index (κ1) is 16.2. The fourth-order valence-corrected chi connectivity index (χ4v) is 1.67. The molecule has 0 atom stereocenters. The first-order valence-electron chi connectivity index (χ1n) is 6.95. The highest BCUT2D eigenvalue weighted by Gasteiger charge is 2.04. The Labute approximate surface area is 120 Å². The van der Waals surface area contributed by atoms with Gasteiger partial charge in [0, 0.05) is 32.1 Å². The van der Waals surface area contributed by atoms with Crippen molar-refractivity contribution in [2.45, 2.75) is 26.8 Å². The summed E-state index contributed by atoms with van der Waals surface area (Å²) in [6.07, 6.45) is 1.09. The van der Waals surface area contributed by atoms with Crippen molar-refractivity contribution in [3.05, 3.63) is 35.4 Å². The molecule has 1 aromatic carbocycles. The van der Waals surface area contributed by atoms with Crippen LogP contribution in [0.5, 0.6) is 0 Å². The molecule has 0 spiro atoms. The van der Waals surface area contributed by atoms with E-state index in [2.05, 4.69) is 22.9 Å². The van der Waals surface area contributed by atoms with E-state index in [-0.39, 0.29) is 11.8 Å². The normalized spacial score (nSPS) is 10.1. The van der Waals surface area contributed by atoms with Crippen molar-refractivity contribution >= 4 is 11.8 Å². The predicted octanol–water partition coefficient (Wildman–Crippen LogP) is 1.05. The molecule has 0 aliphatic rings. The second-order valence-corrected chi connectivity index (χ2v) is 4.61. The Morgan fingerprint density at radius 2 is 1.70 bits per heavy atom. The van der Waals surface area contributed by atoms with Crippen LogP contribution in [0.4, 0.5) is 0 Å². The van der Waals surface area contributed by atoms with E-state index in [1.807, 2.05) is 12.1 Å². The maximum atomic E-state index is 11.8. The maximum absolute atomic E-state index is 11.8. The van der Waals surface area contributed by atoms with Gasteiger partial charge in [-0.2, -0.15) is 0 Å². The molecule has 0 saturated heterocycles. The van der Waals surface area contributed by atoms with Crippen LogP contribution in [0.1, 0.15) is 36.2 Å². The largest absolute Gasteiger partial charge is 0.352 e. The molecule has 0 fully saturated rings. The Morgan fingerprint density at radius 3 is 2.30 bits per heavy atom. The molecule has 5 nitrogen and oxygen atoms in total. The van der Waals surface area contributed by atoms with E-state index in [0.29, 0.717) is 18.7 Å². The number of carbonyl (C=O) groups is 2. The van der Waals surface area contributed by atoms with Crippen LogP contribution in [0.2, 0.25) is 0 Å². The van der Waals surface area contributed by atoms with Crippen LogP contribution in [0.25, 0.3) is 0 Å². The van der Waals surface area contributed by atoms with Gasteiger partial charge in [-0.15, -0.1) is 0 Å². The number of hydrogen-bond acceptors (Lipinski definition) is 3. The van der Waals surface area contributed by atoms with Gasteiger partial charge in [-0.1, -0.05) is 19.1 Å². The second kappa shape index (κ2) is 9.09. The van der Waals surface area contributed by atoms with Crippen molar-refractivity contribution in [2.75, 3.05) is 19.6 Å². The van der Waals surface area contributed by atoms with Gasteiger partial charge in [-0.3, -0.25) is 9.59 Å². The van der Waals surface area contributed by atoms with Crippen LogP contribution in [-0.2, 0) is 11.3 Å². The fraction of sp³-hybridized carbons (Fsp3) is 0.467. The summed E-state index contributed by atoms with van der Waals surface area (Å²) in [4.78, 5) is 22.7. The molecule has 110 valence electrons. The van der Waals surface area contributed by atoms with E-state index in [4.69, 9.17) is 0 Å². The highest BCUT2D eigenvalue weighted by atomic mass is 16.2. The van der Waals surface area contributed by atoms with E-state index < -0.39 is 0 Å². The fourth-order valence-electron chi connectivity index (χ4n) is 1.67. The van der Waals surface area contributed by atoms with Gasteiger partial charge in [0.2, 0.25) is 5.91 Å². The molecule has 5 heteroatoms. The van der Waals surface area contributed by atoms with Gasteiger partial charge in [-0.25, -0.2) is 0 Å². The molecular weight excluding hydrogens is 254 g/mol. The molecular formula is C15H23N3O2. The third kappa shape index (κ3) is 6.33. The van der Waals surface area contributed by atoms with E-state index >= 15 is 0 Å². The van der Waals surface area contributed by atoms with Gasteiger partial charge in [0.15, 0.2) is 0 Å². The van der Waals surface area contributed by atoms with Crippen molar-refractivity contribution in [2.24, 2.45) is 0 Å². The second-order valence-electron chi connectivity index (χ2n) is 4.61. The van der Waals surface area contributed by atoms with Crippen LogP contribution in [0.15, 0.2) is 24.3 Å². The number of rotatable bonds is 8. The van der Waals surface area contributed by atoms with E-state index in [1.54, 1.807) is 12.1 Å². The average Bonchev–Trinajstić information content (AvgIpc) is 2.45. The minimum atomic E-state index is -0.0747. The van der Waals surface area contributed by atoms with Crippen LogP contribution in [-0.4, -0.2) is 31.4 Å². The minimum Gasteiger partial charge on any atom is -0.352 e. The smallest absolute Gasteiger partial charge is 0.251 e. The monoisotopic (exact) mass is 277 g/mol. The summed E-state index contributed by atoms with van der Waals surface area (Å²) in [5, 5.41) is 8.80. The zero-order chi connectivity index (χ0) is 14.8. The lowest BCUT2D eigenvalue weighted by Crippen LogP contribution is -2.32. The summed E-state index contributed by atoms with van der Waals surface area (Å²) in [6, 6.07) is 7.23. The van der Waals surface area contributed by atoms with Gasteiger partial charge >= 0.3 is 0 Å². The molecule has 0 radical (unpaired) electrons. The Kier molecular flexibility index (Phi) is 7.35. The van der Waals surface area contributed by atoms with Crippen LogP contribution in [0, 0.1) is 0 Å². The van der Waals surface area contributed by atoms with Gasteiger partial charge < -0.3 is 16.0 Å². The average molecular weight is 277 g/mol. The summed E-state index contributed by atoms with van der Waals surface area (Å²) >= 11 is 0. The van der Waals surface area contributed by atoms with Gasteiger partial charge in [0.25, 0.3) is 5.91 Å². The van der Waals surface area contributed by atoms with Crippen molar-refractivity contribution in [1.29, 1.82) is 0 Å². The van der Waals surface area contributed by atoms with Gasteiger partial charge in [-0.05, 0) is 30.7 Å². The first-order chi connectivity index (χ1) is 9.63. The molecule has 2 amide bonds. The Bertz CT molecular complexity index is 429. The topological polar surface area (TPSA) is 70.2 Å². The van der Waals surface area contributed by atoms with Crippen molar-refractivity contribution in [1.82, 2.24) is 16.0 Å². The van der Waals surface area contributed by atoms with E-state index in [0.717, 1.165) is 25.1 Å². The number of hydrogen-bond donors (Lipinski definition) is 3. The number of nitrogens with one attached hydrogen (secondary N) is 3. The Hall–Kier alpha value is -1.88. The molecule has 20 heavy (non-hydrogen) atoms. The molecule has 1 rings (SSSR count). The molecule has 3 N–H and O–H groups in total. The van der Waals surface area contributed by atoms with Crippen LogP contribution < -0.4 is 16.0 Å². The molecule has 0 aliphatic carbocycles. The molecule has 0 aromatic heterocycles. The van der Waals surface area contributed by atoms with Crippen molar-refractivity contribution in [3.8, 4) is 0 Å². The van der Waals surface area contributed by atoms with E-state index in [9.17, 15) is 9.59 Å². The highest BCUT2D eigenvalue weighted by Crippen LogP contribution is 2.04. The molecule has 1 aromatic rings. The zero-order valence-electron chi connectivity index (χ0n) is 12.2.